The molecule has 0 aliphatic heterocycles. The number of carbonyl (C=O) groups excluding carboxylic acids is 1. The van der Waals surface area contributed by atoms with Gasteiger partial charge in [0.2, 0.25) is 0 Å². The zero-order chi connectivity index (χ0) is 16.8. The van der Waals surface area contributed by atoms with Crippen molar-refractivity contribution in [2.24, 2.45) is 0 Å². The number of aliphatic hydroxyl groups excluding tert-OH is 1. The Morgan fingerprint density at radius 2 is 1.91 bits per heavy atom. The molecule has 4 heteroatoms. The van der Waals surface area contributed by atoms with E-state index in [4.69, 9.17) is 0 Å². The molecule has 0 saturated heterocycles. The van der Waals surface area contributed by atoms with Crippen molar-refractivity contribution in [1.29, 1.82) is 0 Å². The Hall–Kier alpha value is -2.20. The fourth-order valence-electron chi connectivity index (χ4n) is 2.60. The van der Waals surface area contributed by atoms with Gasteiger partial charge < -0.3 is 10.4 Å². The summed E-state index contributed by atoms with van der Waals surface area (Å²) in [5.41, 5.74) is 1.92. The van der Waals surface area contributed by atoms with E-state index in [1.54, 1.807) is 13.0 Å². The zero-order valence-corrected chi connectivity index (χ0v) is 13.4. The highest BCUT2D eigenvalue weighted by Gasteiger charge is 2.17. The summed E-state index contributed by atoms with van der Waals surface area (Å²) in [6.07, 6.45) is 0.0495. The minimum absolute atomic E-state index is 0.0204. The highest BCUT2D eigenvalue weighted by Crippen LogP contribution is 2.21. The molecule has 2 atom stereocenters. The number of rotatable bonds is 6. The van der Waals surface area contributed by atoms with Gasteiger partial charge in [-0.1, -0.05) is 42.0 Å². The van der Waals surface area contributed by atoms with Crippen LogP contribution in [0.1, 0.15) is 40.7 Å². The Labute approximate surface area is 136 Å². The zero-order valence-electron chi connectivity index (χ0n) is 13.4. The van der Waals surface area contributed by atoms with E-state index in [2.05, 4.69) is 5.32 Å². The largest absolute Gasteiger partial charge is 0.393 e. The third-order valence-electron chi connectivity index (χ3n) is 3.77. The molecule has 0 bridgehead atoms. The number of benzene rings is 2. The molecule has 0 aliphatic carbocycles. The number of hydrogen-bond acceptors (Lipinski definition) is 2. The summed E-state index contributed by atoms with van der Waals surface area (Å²) in [5.74, 6) is -0.981. The van der Waals surface area contributed by atoms with Crippen LogP contribution in [0.5, 0.6) is 0 Å². The summed E-state index contributed by atoms with van der Waals surface area (Å²) < 4.78 is 13.8. The van der Waals surface area contributed by atoms with Gasteiger partial charge in [-0.25, -0.2) is 4.39 Å². The van der Waals surface area contributed by atoms with E-state index in [0.29, 0.717) is 13.0 Å². The predicted octanol–water partition coefficient (Wildman–Crippen LogP) is 3.42. The van der Waals surface area contributed by atoms with Gasteiger partial charge in [-0.05, 0) is 38.0 Å². The van der Waals surface area contributed by atoms with Crippen molar-refractivity contribution in [3.05, 3.63) is 71.0 Å². The smallest absolute Gasteiger partial charge is 0.254 e. The fourth-order valence-corrected chi connectivity index (χ4v) is 2.60. The second-order valence-corrected chi connectivity index (χ2v) is 5.89. The van der Waals surface area contributed by atoms with E-state index in [0.717, 1.165) is 11.1 Å². The number of hydrogen-bond donors (Lipinski definition) is 2. The Kier molecular flexibility index (Phi) is 5.88. The molecule has 23 heavy (non-hydrogen) atoms. The van der Waals surface area contributed by atoms with E-state index in [-0.39, 0.29) is 11.5 Å². The van der Waals surface area contributed by atoms with Gasteiger partial charge in [-0.2, -0.15) is 0 Å². The quantitative estimate of drug-likeness (QED) is 0.858. The number of aliphatic hydroxyl groups is 1. The minimum Gasteiger partial charge on any atom is -0.393 e. The first-order valence-corrected chi connectivity index (χ1v) is 7.74. The van der Waals surface area contributed by atoms with Gasteiger partial charge in [0.1, 0.15) is 5.82 Å². The molecule has 3 nitrogen and oxygen atoms in total. The van der Waals surface area contributed by atoms with Gasteiger partial charge in [0.15, 0.2) is 0 Å². The van der Waals surface area contributed by atoms with E-state index in [1.807, 2.05) is 37.3 Å². The lowest BCUT2D eigenvalue weighted by Crippen LogP contribution is -2.30. The van der Waals surface area contributed by atoms with Crippen LogP contribution < -0.4 is 5.32 Å². The maximum absolute atomic E-state index is 13.8. The lowest BCUT2D eigenvalue weighted by atomic mass is 9.93. The van der Waals surface area contributed by atoms with Crippen molar-refractivity contribution in [3.8, 4) is 0 Å². The molecule has 0 aliphatic rings. The summed E-state index contributed by atoms with van der Waals surface area (Å²) in [6, 6.07) is 14.2. The van der Waals surface area contributed by atoms with Gasteiger partial charge in [-0.15, -0.1) is 0 Å². The number of amides is 1. The van der Waals surface area contributed by atoms with Crippen LogP contribution in [-0.4, -0.2) is 23.7 Å². The molecule has 2 aromatic rings. The second-order valence-electron chi connectivity index (χ2n) is 5.89. The number of halogens is 1. The average molecular weight is 315 g/mol. The Morgan fingerprint density at radius 1 is 1.22 bits per heavy atom. The van der Waals surface area contributed by atoms with Crippen molar-refractivity contribution in [2.75, 3.05) is 6.54 Å². The van der Waals surface area contributed by atoms with Crippen LogP contribution in [0.25, 0.3) is 0 Å². The van der Waals surface area contributed by atoms with Gasteiger partial charge in [-0.3, -0.25) is 4.79 Å². The Bertz CT molecular complexity index is 656. The van der Waals surface area contributed by atoms with Crippen molar-refractivity contribution < 1.29 is 14.3 Å². The highest BCUT2D eigenvalue weighted by atomic mass is 19.1. The third-order valence-corrected chi connectivity index (χ3v) is 3.77. The van der Waals surface area contributed by atoms with Crippen LogP contribution in [0.15, 0.2) is 48.5 Å². The molecule has 0 fully saturated rings. The normalized spacial score (nSPS) is 13.4. The topological polar surface area (TPSA) is 49.3 Å². The van der Waals surface area contributed by atoms with E-state index < -0.39 is 17.8 Å². The van der Waals surface area contributed by atoms with Crippen molar-refractivity contribution in [1.82, 2.24) is 5.32 Å². The molecule has 0 radical (unpaired) electrons. The SMILES string of the molecule is Cc1ccc(F)c(C(=O)NCC(CC(C)O)c2ccccc2)c1. The summed E-state index contributed by atoms with van der Waals surface area (Å²) >= 11 is 0. The van der Waals surface area contributed by atoms with Crippen LogP contribution in [0.4, 0.5) is 4.39 Å². The number of nitrogens with one attached hydrogen (secondary N) is 1. The molecule has 0 saturated carbocycles. The average Bonchev–Trinajstić information content (AvgIpc) is 2.54. The van der Waals surface area contributed by atoms with E-state index in [9.17, 15) is 14.3 Å². The molecule has 2 N–H and O–H groups in total. The first kappa shape index (κ1) is 17.2. The summed E-state index contributed by atoms with van der Waals surface area (Å²) in [5, 5.41) is 12.5. The standard InChI is InChI=1S/C19H22FNO2/c1-13-8-9-18(20)17(10-13)19(23)21-12-16(11-14(2)22)15-6-4-3-5-7-15/h3-10,14,16,22H,11-12H2,1-2H3,(H,21,23). The van der Waals surface area contributed by atoms with Gasteiger partial charge in [0.05, 0.1) is 11.7 Å². The second kappa shape index (κ2) is 7.88. The summed E-state index contributed by atoms with van der Waals surface area (Å²) in [6.45, 7) is 3.88. The maximum atomic E-state index is 13.8. The number of carbonyl (C=O) groups is 1. The fraction of sp³-hybridized carbons (Fsp3) is 0.316. The molecule has 0 heterocycles. The Balaban J connectivity index is 2.09. The molecule has 0 aromatic heterocycles. The lowest BCUT2D eigenvalue weighted by molar-refractivity contribution is 0.0941. The monoisotopic (exact) mass is 315 g/mol. The molecule has 0 spiro atoms. The summed E-state index contributed by atoms with van der Waals surface area (Å²) in [4.78, 5) is 12.2. The van der Waals surface area contributed by atoms with Crippen LogP contribution in [0, 0.1) is 12.7 Å². The van der Waals surface area contributed by atoms with E-state index in [1.165, 1.54) is 12.1 Å². The van der Waals surface area contributed by atoms with Gasteiger partial charge in [0, 0.05) is 12.5 Å². The molecule has 2 aromatic carbocycles. The molecule has 2 rings (SSSR count). The van der Waals surface area contributed by atoms with Crippen molar-refractivity contribution in [2.45, 2.75) is 32.3 Å². The molecule has 2 unspecified atom stereocenters. The predicted molar refractivity (Wildman–Crippen MR) is 89.0 cm³/mol. The van der Waals surface area contributed by atoms with Crippen LogP contribution in [0.2, 0.25) is 0 Å². The molecule has 122 valence electrons. The van der Waals surface area contributed by atoms with E-state index >= 15 is 0 Å². The molecule has 1 amide bonds. The molecular formula is C19H22FNO2. The van der Waals surface area contributed by atoms with Gasteiger partial charge >= 0.3 is 0 Å². The first-order valence-electron chi connectivity index (χ1n) is 7.74. The lowest BCUT2D eigenvalue weighted by Gasteiger charge is -2.20. The minimum atomic E-state index is -0.528. The third kappa shape index (κ3) is 4.89. The van der Waals surface area contributed by atoms with Crippen molar-refractivity contribution in [3.63, 3.8) is 0 Å². The Morgan fingerprint density at radius 3 is 2.57 bits per heavy atom. The number of aryl methyl sites for hydroxylation is 1. The van der Waals surface area contributed by atoms with Crippen LogP contribution >= 0.6 is 0 Å². The van der Waals surface area contributed by atoms with Gasteiger partial charge in [0.25, 0.3) is 5.91 Å². The summed E-state index contributed by atoms with van der Waals surface area (Å²) in [7, 11) is 0. The highest BCUT2D eigenvalue weighted by molar-refractivity contribution is 5.94. The maximum Gasteiger partial charge on any atom is 0.254 e. The molecular weight excluding hydrogens is 293 g/mol. The van der Waals surface area contributed by atoms with Crippen LogP contribution in [0.3, 0.4) is 0 Å². The van der Waals surface area contributed by atoms with Crippen LogP contribution in [-0.2, 0) is 0 Å². The first-order chi connectivity index (χ1) is 11.0. The van der Waals surface area contributed by atoms with Crippen molar-refractivity contribution >= 4 is 5.91 Å².